The van der Waals surface area contributed by atoms with E-state index in [1.54, 1.807) is 29.3 Å². The zero-order valence-corrected chi connectivity index (χ0v) is 13.1. The number of hydrogen-bond donors (Lipinski definition) is 0. The van der Waals surface area contributed by atoms with Crippen molar-refractivity contribution >= 4 is 44.3 Å². The molecule has 1 aromatic carbocycles. The van der Waals surface area contributed by atoms with Crippen LogP contribution in [0.5, 0.6) is 0 Å². The maximum Gasteiger partial charge on any atom is 0.328 e. The van der Waals surface area contributed by atoms with Gasteiger partial charge in [0.1, 0.15) is 0 Å². The van der Waals surface area contributed by atoms with Crippen LogP contribution >= 0.6 is 27.5 Å². The number of aromatic nitrogens is 2. The Bertz CT molecular complexity index is 703. The van der Waals surface area contributed by atoms with Gasteiger partial charge in [-0.15, -0.1) is 11.6 Å². The summed E-state index contributed by atoms with van der Waals surface area (Å²) in [5.41, 5.74) is 2.05. The van der Waals surface area contributed by atoms with Crippen molar-refractivity contribution in [3.63, 3.8) is 0 Å². The van der Waals surface area contributed by atoms with Gasteiger partial charge in [-0.25, -0.2) is 4.79 Å². The smallest absolute Gasteiger partial charge is 0.295 e. The number of hydrogen-bond acceptors (Lipinski definition) is 2. The minimum absolute atomic E-state index is 0.0331. The van der Waals surface area contributed by atoms with Gasteiger partial charge in [-0.3, -0.25) is 13.9 Å². The van der Waals surface area contributed by atoms with Crippen molar-refractivity contribution in [2.24, 2.45) is 14.1 Å². The zero-order chi connectivity index (χ0) is 14.2. The summed E-state index contributed by atoms with van der Waals surface area (Å²) in [6.45, 7) is 0. The standard InChI is InChI=1S/C13H14BrClN2O2/c1-16-10-6-8(12(18)4-3-5-15)9(14)7-11(10)17(2)13(16)19/h6-7H,3-5H2,1-2H3. The van der Waals surface area contributed by atoms with Crippen molar-refractivity contribution in [1.82, 2.24) is 9.13 Å². The van der Waals surface area contributed by atoms with Gasteiger partial charge in [-0.1, -0.05) is 0 Å². The molecule has 0 amide bonds. The van der Waals surface area contributed by atoms with E-state index in [4.69, 9.17) is 11.6 Å². The highest BCUT2D eigenvalue weighted by atomic mass is 79.9. The quantitative estimate of drug-likeness (QED) is 0.632. The molecule has 19 heavy (non-hydrogen) atoms. The average molecular weight is 346 g/mol. The van der Waals surface area contributed by atoms with Crippen molar-refractivity contribution in [2.45, 2.75) is 12.8 Å². The van der Waals surface area contributed by atoms with Crippen LogP contribution in [0.4, 0.5) is 0 Å². The van der Waals surface area contributed by atoms with E-state index in [0.29, 0.717) is 28.8 Å². The van der Waals surface area contributed by atoms with Crippen LogP contribution in [0.2, 0.25) is 0 Å². The summed E-state index contributed by atoms with van der Waals surface area (Å²) in [5.74, 6) is 0.501. The number of Topliss-reactive ketones (excluding diaryl/α,β-unsaturated/α-hetero) is 1. The Labute approximate surface area is 124 Å². The highest BCUT2D eigenvalue weighted by Gasteiger charge is 2.15. The number of halogens is 2. The van der Waals surface area contributed by atoms with Crippen molar-refractivity contribution < 1.29 is 4.79 Å². The summed E-state index contributed by atoms with van der Waals surface area (Å²) >= 11 is 9.00. The monoisotopic (exact) mass is 344 g/mol. The fourth-order valence-electron chi connectivity index (χ4n) is 2.10. The lowest BCUT2D eigenvalue weighted by atomic mass is 10.1. The van der Waals surface area contributed by atoms with E-state index in [9.17, 15) is 9.59 Å². The van der Waals surface area contributed by atoms with Gasteiger partial charge in [-0.2, -0.15) is 0 Å². The average Bonchev–Trinajstić information content (AvgIpc) is 2.60. The highest BCUT2D eigenvalue weighted by Crippen LogP contribution is 2.25. The molecule has 102 valence electrons. The van der Waals surface area contributed by atoms with Gasteiger partial charge in [0.05, 0.1) is 11.0 Å². The number of carbonyl (C=O) groups is 1. The molecule has 6 heteroatoms. The van der Waals surface area contributed by atoms with E-state index in [2.05, 4.69) is 15.9 Å². The van der Waals surface area contributed by atoms with Gasteiger partial charge >= 0.3 is 5.69 Å². The van der Waals surface area contributed by atoms with Crippen LogP contribution in [0.25, 0.3) is 11.0 Å². The van der Waals surface area contributed by atoms with Gasteiger partial charge in [0, 0.05) is 36.4 Å². The summed E-state index contributed by atoms with van der Waals surface area (Å²) in [6, 6.07) is 3.57. The minimum atomic E-state index is -0.104. The molecule has 2 rings (SSSR count). The molecule has 0 aliphatic heterocycles. The maximum atomic E-state index is 12.1. The van der Waals surface area contributed by atoms with Gasteiger partial charge < -0.3 is 0 Å². The number of carbonyl (C=O) groups excluding carboxylic acids is 1. The molecule has 0 bridgehead atoms. The molecule has 0 atom stereocenters. The second-order valence-corrected chi connectivity index (χ2v) is 5.67. The van der Waals surface area contributed by atoms with Crippen LogP contribution in [-0.2, 0) is 14.1 Å². The molecule has 0 saturated heterocycles. The third kappa shape index (κ3) is 2.49. The highest BCUT2D eigenvalue weighted by molar-refractivity contribution is 9.10. The SMILES string of the molecule is Cn1c(=O)n(C)c2cc(C(=O)CCCCl)c(Br)cc21. The predicted octanol–water partition coefficient (Wildman–Crippen LogP) is 2.84. The van der Waals surface area contributed by atoms with Gasteiger partial charge in [0.25, 0.3) is 0 Å². The summed E-state index contributed by atoms with van der Waals surface area (Å²) < 4.78 is 3.81. The van der Waals surface area contributed by atoms with Crippen LogP contribution in [0.1, 0.15) is 23.2 Å². The first kappa shape index (κ1) is 14.3. The van der Waals surface area contributed by atoms with Crippen LogP contribution in [0, 0.1) is 0 Å². The Morgan fingerprint density at radius 1 is 1.26 bits per heavy atom. The third-order valence-electron chi connectivity index (χ3n) is 3.20. The summed E-state index contributed by atoms with van der Waals surface area (Å²) in [7, 11) is 3.41. The Hall–Kier alpha value is -1.07. The van der Waals surface area contributed by atoms with E-state index >= 15 is 0 Å². The normalized spacial score (nSPS) is 11.2. The molecule has 0 N–H and O–H groups in total. The third-order valence-corrected chi connectivity index (χ3v) is 4.12. The number of alkyl halides is 1. The van der Waals surface area contributed by atoms with E-state index in [-0.39, 0.29) is 11.5 Å². The fourth-order valence-corrected chi connectivity index (χ4v) is 2.78. The minimum Gasteiger partial charge on any atom is -0.295 e. The molecule has 0 unspecified atom stereocenters. The van der Waals surface area contributed by atoms with Crippen molar-refractivity contribution in [3.8, 4) is 0 Å². The van der Waals surface area contributed by atoms with Crippen molar-refractivity contribution in [2.75, 3.05) is 5.88 Å². The van der Waals surface area contributed by atoms with Crippen LogP contribution < -0.4 is 5.69 Å². The Morgan fingerprint density at radius 2 is 1.84 bits per heavy atom. The van der Waals surface area contributed by atoms with Crippen LogP contribution in [-0.4, -0.2) is 20.8 Å². The molecule has 4 nitrogen and oxygen atoms in total. The number of rotatable bonds is 4. The number of benzene rings is 1. The molecule has 0 radical (unpaired) electrons. The molecule has 0 fully saturated rings. The number of ketones is 1. The Balaban J connectivity index is 2.59. The Morgan fingerprint density at radius 3 is 2.42 bits per heavy atom. The molecule has 0 aliphatic carbocycles. The van der Waals surface area contributed by atoms with Crippen molar-refractivity contribution in [3.05, 3.63) is 32.7 Å². The van der Waals surface area contributed by atoms with E-state index in [0.717, 1.165) is 11.0 Å². The Kier molecular flexibility index (Phi) is 4.16. The summed E-state index contributed by atoms with van der Waals surface area (Å²) in [5, 5.41) is 0. The molecule has 0 aliphatic rings. The first-order chi connectivity index (χ1) is 8.97. The topological polar surface area (TPSA) is 44.0 Å². The second-order valence-electron chi connectivity index (χ2n) is 4.44. The molecule has 0 spiro atoms. The van der Waals surface area contributed by atoms with Crippen LogP contribution in [0.3, 0.4) is 0 Å². The second kappa shape index (κ2) is 5.51. The van der Waals surface area contributed by atoms with Crippen LogP contribution in [0.15, 0.2) is 21.4 Å². The van der Waals surface area contributed by atoms with Gasteiger partial charge in [-0.05, 0) is 34.5 Å². The largest absolute Gasteiger partial charge is 0.328 e. The first-order valence-corrected chi connectivity index (χ1v) is 7.24. The number of fused-ring (bicyclic) bond motifs is 1. The molecule has 1 aromatic heterocycles. The van der Waals surface area contributed by atoms with E-state index in [1.807, 2.05) is 6.07 Å². The lowest BCUT2D eigenvalue weighted by Crippen LogP contribution is -2.19. The zero-order valence-electron chi connectivity index (χ0n) is 10.7. The van der Waals surface area contributed by atoms with Crippen molar-refractivity contribution in [1.29, 1.82) is 0 Å². The predicted molar refractivity (Wildman–Crippen MR) is 80.1 cm³/mol. The van der Waals surface area contributed by atoms with E-state index < -0.39 is 0 Å². The lowest BCUT2D eigenvalue weighted by Gasteiger charge is -2.05. The molecule has 0 saturated carbocycles. The van der Waals surface area contributed by atoms with Gasteiger partial charge in [0.15, 0.2) is 5.78 Å². The first-order valence-electron chi connectivity index (χ1n) is 5.91. The number of nitrogens with zero attached hydrogens (tertiary/aromatic N) is 2. The molecular formula is C13H14BrClN2O2. The number of imidazole rings is 1. The van der Waals surface area contributed by atoms with Gasteiger partial charge in [0.2, 0.25) is 0 Å². The molecule has 1 heterocycles. The summed E-state index contributed by atoms with van der Waals surface area (Å²) in [4.78, 5) is 23.9. The summed E-state index contributed by atoms with van der Waals surface area (Å²) in [6.07, 6.45) is 1.06. The molecule has 2 aromatic rings. The lowest BCUT2D eigenvalue weighted by molar-refractivity contribution is 0.0981. The maximum absolute atomic E-state index is 12.1. The fraction of sp³-hybridized carbons (Fsp3) is 0.385. The number of aryl methyl sites for hydroxylation is 2. The van der Waals surface area contributed by atoms with E-state index in [1.165, 1.54) is 0 Å². The molecular weight excluding hydrogens is 332 g/mol.